The summed E-state index contributed by atoms with van der Waals surface area (Å²) < 4.78 is 0. The molecular formula is C78H76. The van der Waals surface area contributed by atoms with Gasteiger partial charge in [-0.25, -0.2) is 0 Å². The summed E-state index contributed by atoms with van der Waals surface area (Å²) in [6, 6.07) is 86.8. The van der Waals surface area contributed by atoms with Crippen LogP contribution < -0.4 is 0 Å². The van der Waals surface area contributed by atoms with Crippen molar-refractivity contribution in [3.8, 4) is 11.1 Å². The highest BCUT2D eigenvalue weighted by Crippen LogP contribution is 2.31. The third-order valence-electron chi connectivity index (χ3n) is 14.8. The van der Waals surface area contributed by atoms with Crippen molar-refractivity contribution in [1.82, 2.24) is 0 Å². The van der Waals surface area contributed by atoms with Gasteiger partial charge in [-0.2, -0.15) is 0 Å². The van der Waals surface area contributed by atoms with Crippen LogP contribution in [0.4, 0.5) is 0 Å². The number of rotatable bonds is 1. The van der Waals surface area contributed by atoms with Gasteiger partial charge in [0.1, 0.15) is 0 Å². The molecule has 0 N–H and O–H groups in total. The van der Waals surface area contributed by atoms with Crippen LogP contribution in [-0.4, -0.2) is 0 Å². The van der Waals surface area contributed by atoms with Crippen molar-refractivity contribution < 1.29 is 0 Å². The molecule has 0 heterocycles. The van der Waals surface area contributed by atoms with E-state index in [1.54, 1.807) is 0 Å². The molecule has 0 atom stereocenters. The molecule has 0 nitrogen and oxygen atoms in total. The summed E-state index contributed by atoms with van der Waals surface area (Å²) in [5.41, 5.74) is 18.7. The van der Waals surface area contributed by atoms with Crippen LogP contribution in [0.25, 0.3) is 75.8 Å². The molecule has 0 unspecified atom stereocenters. The molecule has 13 aromatic rings. The minimum Gasteiger partial charge on any atom is -0.0616 e. The molecule has 0 aromatic heterocycles. The van der Waals surface area contributed by atoms with E-state index in [0.717, 1.165) is 0 Å². The minimum atomic E-state index is 1.29. The number of aryl methyl sites for hydroxylation is 12. The first-order valence-electron chi connectivity index (χ1n) is 27.5. The maximum absolute atomic E-state index is 2.22. The van der Waals surface area contributed by atoms with Gasteiger partial charge in [0, 0.05) is 0 Å². The Labute approximate surface area is 465 Å². The second-order valence-electron chi connectivity index (χ2n) is 21.3. The standard InChI is InChI=1S/C18H16.5C12H12/c1-13-7-10-15(11-8-13)17-12-9-14(2)16-5-3-4-6-18(16)17;1-9-3-5-12-8-10(2)4-6-11(12)7-9;1-9-3-5-11-6-4-10(2)8-12(11)7-9;1-9-5-3-8-12-10(2)6-4-7-11(9)12;1-9-6-7-12-10(2)4-3-5-11(12)8-9;1-9-7-8-10(2)12-6-4-3-5-11(9)12/h3-12H,1-2H3;5*3-8H,1-2H3. The van der Waals surface area contributed by atoms with Gasteiger partial charge in [-0.05, 0) is 192 Å². The van der Waals surface area contributed by atoms with Crippen molar-refractivity contribution in [2.45, 2.75) is 83.1 Å². The Morgan fingerprint density at radius 1 is 0.167 bits per heavy atom. The third-order valence-corrected chi connectivity index (χ3v) is 14.8. The largest absolute Gasteiger partial charge is 0.0616 e. The van der Waals surface area contributed by atoms with Crippen molar-refractivity contribution in [2.24, 2.45) is 0 Å². The van der Waals surface area contributed by atoms with Crippen LogP contribution in [-0.2, 0) is 0 Å². The van der Waals surface area contributed by atoms with E-state index in [-0.39, 0.29) is 0 Å². The van der Waals surface area contributed by atoms with E-state index in [4.69, 9.17) is 0 Å². The number of hydrogen-bond acceptors (Lipinski definition) is 0. The molecule has 13 rings (SSSR count). The van der Waals surface area contributed by atoms with Crippen LogP contribution in [0.3, 0.4) is 0 Å². The van der Waals surface area contributed by atoms with Gasteiger partial charge in [-0.15, -0.1) is 0 Å². The van der Waals surface area contributed by atoms with Gasteiger partial charge in [-0.1, -0.05) is 276 Å². The van der Waals surface area contributed by atoms with Gasteiger partial charge in [0.25, 0.3) is 0 Å². The fraction of sp³-hybridized carbons (Fsp3) is 0.154. The van der Waals surface area contributed by atoms with Gasteiger partial charge in [0.2, 0.25) is 0 Å². The molecule has 0 amide bonds. The minimum absolute atomic E-state index is 1.29. The Bertz CT molecular complexity index is 3940. The summed E-state index contributed by atoms with van der Waals surface area (Å²) in [5, 5.41) is 16.2. The predicted octanol–water partition coefficient (Wildman–Crippen LogP) is 22.4. The molecule has 0 heteroatoms. The monoisotopic (exact) mass is 1010 g/mol. The van der Waals surface area contributed by atoms with Gasteiger partial charge in [0.05, 0.1) is 0 Å². The molecular weight excluding hydrogens is 937 g/mol. The summed E-state index contributed by atoms with van der Waals surface area (Å²) in [7, 11) is 0. The summed E-state index contributed by atoms with van der Waals surface area (Å²) in [6.07, 6.45) is 0. The normalized spacial score (nSPS) is 10.6. The van der Waals surface area contributed by atoms with Gasteiger partial charge < -0.3 is 0 Å². The molecule has 0 fully saturated rings. The fourth-order valence-electron chi connectivity index (χ4n) is 10.2. The Morgan fingerprint density at radius 3 is 0.936 bits per heavy atom. The molecule has 0 aliphatic rings. The molecule has 0 saturated carbocycles. The second kappa shape index (κ2) is 26.0. The van der Waals surface area contributed by atoms with Crippen LogP contribution in [0.15, 0.2) is 243 Å². The highest BCUT2D eigenvalue weighted by molar-refractivity contribution is 5.98. The maximum Gasteiger partial charge on any atom is -0.0103 e. The lowest BCUT2D eigenvalue weighted by atomic mass is 9.95. The lowest BCUT2D eigenvalue weighted by molar-refractivity contribution is 1.46. The Hall–Kier alpha value is -8.58. The van der Waals surface area contributed by atoms with E-state index < -0.39 is 0 Å². The Kier molecular flexibility index (Phi) is 18.5. The van der Waals surface area contributed by atoms with Gasteiger partial charge >= 0.3 is 0 Å². The molecule has 0 aliphatic heterocycles. The second-order valence-corrected chi connectivity index (χ2v) is 21.3. The first-order chi connectivity index (χ1) is 37.6. The van der Waals surface area contributed by atoms with E-state index in [1.165, 1.54) is 143 Å². The zero-order chi connectivity index (χ0) is 55.3. The molecule has 78 heavy (non-hydrogen) atoms. The summed E-state index contributed by atoms with van der Waals surface area (Å²) >= 11 is 0. The van der Waals surface area contributed by atoms with Crippen molar-refractivity contribution in [3.05, 3.63) is 309 Å². The van der Waals surface area contributed by atoms with Crippen molar-refractivity contribution >= 4 is 64.6 Å². The highest BCUT2D eigenvalue weighted by atomic mass is 14.1. The van der Waals surface area contributed by atoms with Gasteiger partial charge in [-0.3, -0.25) is 0 Å². The van der Waals surface area contributed by atoms with Crippen molar-refractivity contribution in [1.29, 1.82) is 0 Å². The maximum atomic E-state index is 2.22. The molecule has 0 bridgehead atoms. The molecule has 0 spiro atoms. The van der Waals surface area contributed by atoms with E-state index in [0.29, 0.717) is 0 Å². The fourth-order valence-corrected chi connectivity index (χ4v) is 10.2. The summed E-state index contributed by atoms with van der Waals surface area (Å²) in [6.45, 7) is 25.7. The quantitative estimate of drug-likeness (QED) is 0.154. The number of hydrogen-bond donors (Lipinski definition) is 0. The van der Waals surface area contributed by atoms with Crippen LogP contribution >= 0.6 is 0 Å². The van der Waals surface area contributed by atoms with Crippen LogP contribution in [0.1, 0.15) is 66.8 Å². The number of fused-ring (bicyclic) bond motifs is 6. The van der Waals surface area contributed by atoms with Crippen LogP contribution in [0.2, 0.25) is 0 Å². The Balaban J connectivity index is 0.000000124. The van der Waals surface area contributed by atoms with Crippen molar-refractivity contribution in [2.75, 3.05) is 0 Å². The molecule has 388 valence electrons. The third kappa shape index (κ3) is 14.3. The zero-order valence-electron chi connectivity index (χ0n) is 48.1. The molecule has 0 saturated heterocycles. The molecule has 13 aromatic carbocycles. The van der Waals surface area contributed by atoms with Crippen molar-refractivity contribution in [3.63, 3.8) is 0 Å². The first kappa shape index (κ1) is 55.6. The van der Waals surface area contributed by atoms with Gasteiger partial charge in [0.15, 0.2) is 0 Å². The molecule has 0 radical (unpaired) electrons. The summed E-state index contributed by atoms with van der Waals surface area (Å²) in [4.78, 5) is 0. The van der Waals surface area contributed by atoms with Crippen LogP contribution in [0.5, 0.6) is 0 Å². The van der Waals surface area contributed by atoms with Crippen LogP contribution in [0, 0.1) is 83.1 Å². The average molecular weight is 1010 g/mol. The predicted molar refractivity (Wildman–Crippen MR) is 346 cm³/mol. The number of benzene rings is 13. The lowest BCUT2D eigenvalue weighted by Gasteiger charge is -2.09. The van der Waals surface area contributed by atoms with E-state index >= 15 is 0 Å². The smallest absolute Gasteiger partial charge is 0.0103 e. The SMILES string of the molecule is Cc1ccc(-c2ccc(C)c3ccccc23)cc1.Cc1ccc(C)c2ccccc12.Cc1ccc2c(C)cccc2c1.Cc1ccc2cc(C)ccc2c1.Cc1ccc2ccc(C)cc2c1.Cc1cccc2c(C)cccc12. The van der Waals surface area contributed by atoms with E-state index in [9.17, 15) is 0 Å². The van der Waals surface area contributed by atoms with E-state index in [2.05, 4.69) is 326 Å². The highest BCUT2D eigenvalue weighted by Gasteiger charge is 2.06. The average Bonchev–Trinajstić information content (AvgIpc) is 3.46. The zero-order valence-corrected chi connectivity index (χ0v) is 48.1. The molecule has 0 aliphatic carbocycles. The topological polar surface area (TPSA) is 0 Å². The Morgan fingerprint density at radius 2 is 0.474 bits per heavy atom. The van der Waals surface area contributed by atoms with E-state index in [1.807, 2.05) is 0 Å². The lowest BCUT2D eigenvalue weighted by Crippen LogP contribution is -1.84. The summed E-state index contributed by atoms with van der Waals surface area (Å²) in [5.74, 6) is 0. The first-order valence-corrected chi connectivity index (χ1v) is 27.5.